The third-order valence-electron chi connectivity index (χ3n) is 7.48. The lowest BCUT2D eigenvalue weighted by atomic mass is 9.86. The molecule has 7 heteroatoms. The van der Waals surface area contributed by atoms with Crippen molar-refractivity contribution in [2.75, 3.05) is 47.5 Å². The van der Waals surface area contributed by atoms with E-state index >= 15 is 0 Å². The molecule has 2 aromatic rings. The largest absolute Gasteiger partial charge is 0.497 e. The van der Waals surface area contributed by atoms with Crippen LogP contribution >= 0.6 is 24.8 Å². The van der Waals surface area contributed by atoms with Crippen molar-refractivity contribution in [2.45, 2.75) is 77.2 Å². The SMILES string of the molecule is CCCN(CCCCCCNCCCc1ccc(OC)cc1)[C@H]1CCc2c(ccc(OC)c2OC)C1.Cl.Cl. The van der Waals surface area contributed by atoms with Gasteiger partial charge < -0.3 is 24.4 Å². The fraction of sp³-hybridized carbons (Fsp3) is 0.613. The Morgan fingerprint density at radius 3 is 2.24 bits per heavy atom. The fourth-order valence-corrected chi connectivity index (χ4v) is 5.49. The van der Waals surface area contributed by atoms with Crippen LogP contribution in [-0.4, -0.2) is 58.5 Å². The second-order valence-corrected chi connectivity index (χ2v) is 9.99. The summed E-state index contributed by atoms with van der Waals surface area (Å²) < 4.78 is 16.4. The number of unbranched alkanes of at least 4 members (excludes halogenated alkanes) is 3. The third-order valence-corrected chi connectivity index (χ3v) is 7.48. The number of nitrogens with zero attached hydrogens (tertiary/aromatic N) is 1. The van der Waals surface area contributed by atoms with Crippen molar-refractivity contribution in [3.8, 4) is 17.2 Å². The molecule has 5 nitrogen and oxygen atoms in total. The highest BCUT2D eigenvalue weighted by atomic mass is 35.5. The summed E-state index contributed by atoms with van der Waals surface area (Å²) in [5.41, 5.74) is 4.17. The first kappa shape index (κ1) is 34.4. The van der Waals surface area contributed by atoms with E-state index < -0.39 is 0 Å². The van der Waals surface area contributed by atoms with Gasteiger partial charge in [-0.05, 0) is 107 Å². The average Bonchev–Trinajstić information content (AvgIpc) is 2.92. The van der Waals surface area contributed by atoms with Gasteiger partial charge in [-0.3, -0.25) is 0 Å². The van der Waals surface area contributed by atoms with Crippen molar-refractivity contribution in [3.05, 3.63) is 53.1 Å². The Labute approximate surface area is 243 Å². The number of halogens is 2. The van der Waals surface area contributed by atoms with E-state index in [0.29, 0.717) is 6.04 Å². The molecule has 0 radical (unpaired) electrons. The fourth-order valence-electron chi connectivity index (χ4n) is 5.49. The second-order valence-electron chi connectivity index (χ2n) is 9.99. The van der Waals surface area contributed by atoms with Gasteiger partial charge in [-0.25, -0.2) is 0 Å². The van der Waals surface area contributed by atoms with E-state index in [-0.39, 0.29) is 24.8 Å². The minimum absolute atomic E-state index is 0. The van der Waals surface area contributed by atoms with Crippen LogP contribution < -0.4 is 19.5 Å². The van der Waals surface area contributed by atoms with Gasteiger partial charge in [0.25, 0.3) is 0 Å². The van der Waals surface area contributed by atoms with Crippen LogP contribution in [0.3, 0.4) is 0 Å². The molecule has 3 rings (SSSR count). The van der Waals surface area contributed by atoms with Gasteiger partial charge in [-0.2, -0.15) is 0 Å². The molecule has 1 aliphatic rings. The van der Waals surface area contributed by atoms with Gasteiger partial charge in [-0.15, -0.1) is 24.8 Å². The van der Waals surface area contributed by atoms with Gasteiger partial charge in [0.15, 0.2) is 11.5 Å². The number of ether oxygens (including phenoxy) is 3. The molecule has 0 amide bonds. The first-order chi connectivity index (χ1) is 17.7. The van der Waals surface area contributed by atoms with Crippen LogP contribution in [-0.2, 0) is 19.3 Å². The molecule has 0 fully saturated rings. The van der Waals surface area contributed by atoms with Gasteiger partial charge in [0.2, 0.25) is 0 Å². The first-order valence-electron chi connectivity index (χ1n) is 14.0. The van der Waals surface area contributed by atoms with Gasteiger partial charge >= 0.3 is 0 Å². The lowest BCUT2D eigenvalue weighted by Gasteiger charge is -2.36. The van der Waals surface area contributed by atoms with E-state index in [1.165, 1.54) is 74.7 Å². The highest BCUT2D eigenvalue weighted by molar-refractivity contribution is 5.85. The van der Waals surface area contributed by atoms with Gasteiger partial charge in [-0.1, -0.05) is 38.0 Å². The molecule has 38 heavy (non-hydrogen) atoms. The van der Waals surface area contributed by atoms with Crippen molar-refractivity contribution in [2.24, 2.45) is 0 Å². The Kier molecular flexibility index (Phi) is 17.6. The molecule has 0 saturated carbocycles. The second kappa shape index (κ2) is 19.4. The molecule has 0 saturated heterocycles. The van der Waals surface area contributed by atoms with Crippen LogP contribution in [0, 0.1) is 0 Å². The van der Waals surface area contributed by atoms with Gasteiger partial charge in [0.1, 0.15) is 5.75 Å². The van der Waals surface area contributed by atoms with E-state index in [1.54, 1.807) is 21.3 Å². The summed E-state index contributed by atoms with van der Waals surface area (Å²) in [5.74, 6) is 2.72. The van der Waals surface area contributed by atoms with E-state index in [2.05, 4.69) is 41.4 Å². The number of aryl methyl sites for hydroxylation is 1. The minimum Gasteiger partial charge on any atom is -0.497 e. The van der Waals surface area contributed by atoms with Crippen molar-refractivity contribution in [1.29, 1.82) is 0 Å². The number of benzene rings is 2. The van der Waals surface area contributed by atoms with E-state index in [9.17, 15) is 0 Å². The predicted octanol–water partition coefficient (Wildman–Crippen LogP) is 6.91. The number of nitrogens with one attached hydrogen (secondary N) is 1. The lowest BCUT2D eigenvalue weighted by molar-refractivity contribution is 0.175. The van der Waals surface area contributed by atoms with Crippen LogP contribution in [0.5, 0.6) is 17.2 Å². The molecule has 0 spiro atoms. The zero-order chi connectivity index (χ0) is 25.6. The maximum atomic E-state index is 5.69. The molecule has 0 unspecified atom stereocenters. The Hall–Kier alpha value is -1.66. The van der Waals surface area contributed by atoms with E-state index in [1.807, 2.05) is 12.1 Å². The zero-order valence-electron chi connectivity index (χ0n) is 23.9. The van der Waals surface area contributed by atoms with Crippen LogP contribution in [0.15, 0.2) is 36.4 Å². The molecular formula is C31H50Cl2N2O3. The molecule has 216 valence electrons. The van der Waals surface area contributed by atoms with Crippen LogP contribution in [0.4, 0.5) is 0 Å². The molecule has 2 aromatic carbocycles. The molecule has 0 aliphatic heterocycles. The number of rotatable bonds is 17. The normalized spacial score (nSPS) is 14.3. The van der Waals surface area contributed by atoms with Crippen molar-refractivity contribution in [1.82, 2.24) is 10.2 Å². The molecule has 1 N–H and O–H groups in total. The molecule has 0 bridgehead atoms. The lowest BCUT2D eigenvalue weighted by Crippen LogP contribution is -2.40. The van der Waals surface area contributed by atoms with Crippen LogP contribution in [0.1, 0.15) is 68.6 Å². The smallest absolute Gasteiger partial charge is 0.164 e. The van der Waals surface area contributed by atoms with E-state index in [0.717, 1.165) is 49.6 Å². The summed E-state index contributed by atoms with van der Waals surface area (Å²) >= 11 is 0. The first-order valence-corrected chi connectivity index (χ1v) is 14.0. The summed E-state index contributed by atoms with van der Waals surface area (Å²) in [6.45, 7) is 6.94. The zero-order valence-corrected chi connectivity index (χ0v) is 25.6. The Balaban J connectivity index is 0.00000361. The van der Waals surface area contributed by atoms with Crippen molar-refractivity contribution >= 4 is 24.8 Å². The number of fused-ring (bicyclic) bond motifs is 1. The number of hydrogen-bond donors (Lipinski definition) is 1. The third kappa shape index (κ3) is 10.5. The van der Waals surface area contributed by atoms with Gasteiger partial charge in [0.05, 0.1) is 21.3 Å². The molecular weight excluding hydrogens is 519 g/mol. The topological polar surface area (TPSA) is 43.0 Å². The molecule has 0 heterocycles. The van der Waals surface area contributed by atoms with E-state index in [4.69, 9.17) is 14.2 Å². The Bertz CT molecular complexity index is 895. The minimum atomic E-state index is 0. The van der Waals surface area contributed by atoms with Gasteiger partial charge in [0, 0.05) is 11.6 Å². The summed E-state index contributed by atoms with van der Waals surface area (Å²) in [4.78, 5) is 2.75. The Morgan fingerprint density at radius 1 is 0.816 bits per heavy atom. The summed E-state index contributed by atoms with van der Waals surface area (Å²) in [7, 11) is 5.19. The number of methoxy groups -OCH3 is 3. The number of hydrogen-bond acceptors (Lipinski definition) is 5. The summed E-state index contributed by atoms with van der Waals surface area (Å²) in [6.07, 6.45) is 12.1. The van der Waals surface area contributed by atoms with Crippen molar-refractivity contribution in [3.63, 3.8) is 0 Å². The van der Waals surface area contributed by atoms with Crippen LogP contribution in [0.2, 0.25) is 0 Å². The quantitative estimate of drug-likeness (QED) is 0.210. The summed E-state index contributed by atoms with van der Waals surface area (Å²) in [5, 5.41) is 3.62. The standard InChI is InChI=1S/C31H48N2O3.2ClH/c1-5-22-33(27-15-18-29-26(24-27)14-19-30(35-3)31(29)36-4)23-9-7-6-8-20-32-21-10-11-25-12-16-28(34-2)17-13-25;;/h12-14,16-17,19,27,32H,5-11,15,18,20-24H2,1-4H3;2*1H/t27-;;/m0../s1. The maximum Gasteiger partial charge on any atom is 0.164 e. The molecule has 0 aromatic heterocycles. The maximum absolute atomic E-state index is 5.69. The highest BCUT2D eigenvalue weighted by Crippen LogP contribution is 2.38. The molecule has 1 aliphatic carbocycles. The summed E-state index contributed by atoms with van der Waals surface area (Å²) in [6, 6.07) is 13.4. The monoisotopic (exact) mass is 568 g/mol. The average molecular weight is 570 g/mol. The predicted molar refractivity (Wildman–Crippen MR) is 164 cm³/mol. The Morgan fingerprint density at radius 2 is 1.55 bits per heavy atom. The van der Waals surface area contributed by atoms with Crippen molar-refractivity contribution < 1.29 is 14.2 Å². The van der Waals surface area contributed by atoms with Crippen LogP contribution in [0.25, 0.3) is 0 Å². The highest BCUT2D eigenvalue weighted by Gasteiger charge is 2.27. The molecule has 1 atom stereocenters.